The zero-order valence-electron chi connectivity index (χ0n) is 11.1. The van der Waals surface area contributed by atoms with E-state index in [9.17, 15) is 4.21 Å². The highest BCUT2D eigenvalue weighted by Crippen LogP contribution is 2.32. The third-order valence-corrected chi connectivity index (χ3v) is 4.88. The average Bonchev–Trinajstić information content (AvgIpc) is 2.74. The Bertz CT molecular complexity index is 803. The van der Waals surface area contributed by atoms with Crippen LogP contribution in [0, 0.1) is 6.92 Å². The summed E-state index contributed by atoms with van der Waals surface area (Å²) in [5.74, 6) is 0.730. The molecule has 0 aliphatic carbocycles. The molecule has 0 fully saturated rings. The van der Waals surface area contributed by atoms with E-state index in [0.29, 0.717) is 0 Å². The molecule has 1 aromatic heterocycles. The SMILES string of the molecule is Cc1oc2ccc(-c3ccc(Br)cc3)cc2c1S(C)=O. The van der Waals surface area contributed by atoms with Crippen LogP contribution < -0.4 is 0 Å². The van der Waals surface area contributed by atoms with Crippen LogP contribution in [0.1, 0.15) is 5.76 Å². The molecule has 2 aromatic carbocycles. The van der Waals surface area contributed by atoms with E-state index in [1.165, 1.54) is 0 Å². The molecule has 1 heterocycles. The van der Waals surface area contributed by atoms with E-state index in [4.69, 9.17) is 4.42 Å². The van der Waals surface area contributed by atoms with Crippen molar-refractivity contribution in [2.45, 2.75) is 11.8 Å². The number of fused-ring (bicyclic) bond motifs is 1. The third kappa shape index (κ3) is 2.34. The summed E-state index contributed by atoms with van der Waals surface area (Å²) in [6, 6.07) is 14.2. The summed E-state index contributed by atoms with van der Waals surface area (Å²) in [5, 5.41) is 0.934. The largest absolute Gasteiger partial charge is 0.460 e. The van der Waals surface area contributed by atoms with E-state index in [-0.39, 0.29) is 0 Å². The summed E-state index contributed by atoms with van der Waals surface area (Å²) >= 11 is 3.44. The fourth-order valence-electron chi connectivity index (χ4n) is 2.38. The minimum atomic E-state index is -1.05. The minimum absolute atomic E-state index is 0.730. The number of hydrogen-bond acceptors (Lipinski definition) is 2. The van der Waals surface area contributed by atoms with Crippen LogP contribution in [0.3, 0.4) is 0 Å². The maximum atomic E-state index is 11.9. The average molecular weight is 349 g/mol. The lowest BCUT2D eigenvalue weighted by Crippen LogP contribution is -1.88. The lowest BCUT2D eigenvalue weighted by molar-refractivity contribution is 0.566. The fourth-order valence-corrected chi connectivity index (χ4v) is 3.56. The molecule has 0 saturated heterocycles. The molecule has 0 bridgehead atoms. The monoisotopic (exact) mass is 348 g/mol. The van der Waals surface area contributed by atoms with Gasteiger partial charge < -0.3 is 4.42 Å². The van der Waals surface area contributed by atoms with Crippen LogP contribution in [0.5, 0.6) is 0 Å². The highest BCUT2D eigenvalue weighted by Gasteiger charge is 2.14. The molecule has 1 atom stereocenters. The Morgan fingerprint density at radius 1 is 1.05 bits per heavy atom. The first-order chi connectivity index (χ1) is 9.56. The second-order valence-electron chi connectivity index (χ2n) is 4.66. The molecule has 4 heteroatoms. The predicted molar refractivity (Wildman–Crippen MR) is 86.4 cm³/mol. The molecule has 0 spiro atoms. The van der Waals surface area contributed by atoms with Gasteiger partial charge in [0.1, 0.15) is 11.3 Å². The van der Waals surface area contributed by atoms with Gasteiger partial charge in [-0.1, -0.05) is 34.1 Å². The van der Waals surface area contributed by atoms with Crippen molar-refractivity contribution < 1.29 is 8.63 Å². The molecule has 0 radical (unpaired) electrons. The summed E-state index contributed by atoms with van der Waals surface area (Å²) in [6.07, 6.45) is 1.68. The van der Waals surface area contributed by atoms with Crippen molar-refractivity contribution in [2.24, 2.45) is 0 Å². The zero-order chi connectivity index (χ0) is 14.3. The topological polar surface area (TPSA) is 30.2 Å². The van der Waals surface area contributed by atoms with Gasteiger partial charge in [-0.3, -0.25) is 4.21 Å². The smallest absolute Gasteiger partial charge is 0.135 e. The van der Waals surface area contributed by atoms with Gasteiger partial charge in [-0.15, -0.1) is 0 Å². The highest BCUT2D eigenvalue weighted by molar-refractivity contribution is 9.10. The summed E-state index contributed by atoms with van der Waals surface area (Å²) < 4.78 is 18.6. The number of hydrogen-bond donors (Lipinski definition) is 0. The van der Waals surface area contributed by atoms with Gasteiger partial charge in [-0.2, -0.15) is 0 Å². The number of halogens is 1. The van der Waals surface area contributed by atoms with Crippen molar-refractivity contribution in [3.63, 3.8) is 0 Å². The number of aryl methyl sites for hydroxylation is 1. The normalized spacial score (nSPS) is 12.8. The quantitative estimate of drug-likeness (QED) is 0.658. The Kier molecular flexibility index (Phi) is 3.52. The first-order valence-electron chi connectivity index (χ1n) is 6.19. The van der Waals surface area contributed by atoms with Gasteiger partial charge in [-0.25, -0.2) is 0 Å². The Labute approximate surface area is 128 Å². The molecule has 0 aliphatic heterocycles. The maximum Gasteiger partial charge on any atom is 0.135 e. The molecule has 0 amide bonds. The van der Waals surface area contributed by atoms with Gasteiger partial charge in [0.15, 0.2) is 0 Å². The minimum Gasteiger partial charge on any atom is -0.460 e. The van der Waals surface area contributed by atoms with E-state index >= 15 is 0 Å². The molecule has 1 unspecified atom stereocenters. The molecule has 0 N–H and O–H groups in total. The summed E-state index contributed by atoms with van der Waals surface area (Å²) in [6.45, 7) is 1.86. The Morgan fingerprint density at radius 2 is 1.70 bits per heavy atom. The van der Waals surface area contributed by atoms with Gasteiger partial charge in [0, 0.05) is 16.1 Å². The van der Waals surface area contributed by atoms with E-state index in [1.54, 1.807) is 6.26 Å². The Hall–Kier alpha value is -1.39. The summed E-state index contributed by atoms with van der Waals surface area (Å²) in [5.41, 5.74) is 3.01. The fraction of sp³-hybridized carbons (Fsp3) is 0.125. The van der Waals surface area contributed by atoms with Crippen molar-refractivity contribution in [1.82, 2.24) is 0 Å². The molecule has 20 heavy (non-hydrogen) atoms. The molecule has 0 aliphatic rings. The van der Waals surface area contributed by atoms with Gasteiger partial charge in [0.2, 0.25) is 0 Å². The standard InChI is InChI=1S/C16H13BrO2S/c1-10-16(20(2)18)14-9-12(5-8-15(14)19-10)11-3-6-13(17)7-4-11/h3-9H,1-2H3. The van der Waals surface area contributed by atoms with Gasteiger partial charge in [-0.05, 0) is 42.3 Å². The molecule has 3 aromatic rings. The molecule has 102 valence electrons. The van der Waals surface area contributed by atoms with Gasteiger partial charge >= 0.3 is 0 Å². The maximum absolute atomic E-state index is 11.9. The van der Waals surface area contributed by atoms with Crippen molar-refractivity contribution in [3.05, 3.63) is 52.7 Å². The molecule has 0 saturated carbocycles. The third-order valence-electron chi connectivity index (χ3n) is 3.27. The first-order valence-corrected chi connectivity index (χ1v) is 8.54. The Balaban J connectivity index is 2.21. The molecular weight excluding hydrogens is 336 g/mol. The van der Waals surface area contributed by atoms with Gasteiger partial charge in [0.05, 0.1) is 15.7 Å². The Morgan fingerprint density at radius 3 is 2.35 bits per heavy atom. The zero-order valence-corrected chi connectivity index (χ0v) is 13.5. The predicted octanol–water partition coefficient (Wildman–Crippen LogP) is 4.91. The second kappa shape index (κ2) is 5.19. The van der Waals surface area contributed by atoms with Crippen LogP contribution >= 0.6 is 15.9 Å². The lowest BCUT2D eigenvalue weighted by Gasteiger charge is -2.02. The molecular formula is C16H13BrO2S. The summed E-state index contributed by atoms with van der Waals surface area (Å²) in [7, 11) is -1.05. The van der Waals surface area contributed by atoms with Crippen molar-refractivity contribution in [1.29, 1.82) is 0 Å². The molecule has 3 rings (SSSR count). The van der Waals surface area contributed by atoms with Crippen LogP contribution in [0.2, 0.25) is 0 Å². The van der Waals surface area contributed by atoms with E-state index < -0.39 is 10.8 Å². The van der Waals surface area contributed by atoms with Gasteiger partial charge in [0.25, 0.3) is 0 Å². The van der Waals surface area contributed by atoms with Crippen LogP contribution in [-0.4, -0.2) is 10.5 Å². The van der Waals surface area contributed by atoms with Crippen LogP contribution in [0.25, 0.3) is 22.1 Å². The number of benzene rings is 2. The van der Waals surface area contributed by atoms with E-state index in [2.05, 4.69) is 28.1 Å². The molecule has 2 nitrogen and oxygen atoms in total. The second-order valence-corrected chi connectivity index (χ2v) is 6.89. The van der Waals surface area contributed by atoms with Crippen LogP contribution in [0.15, 0.2) is 56.2 Å². The van der Waals surface area contributed by atoms with Crippen LogP contribution in [0.4, 0.5) is 0 Å². The van der Waals surface area contributed by atoms with E-state index in [1.807, 2.05) is 37.3 Å². The van der Waals surface area contributed by atoms with Crippen LogP contribution in [-0.2, 0) is 10.8 Å². The number of rotatable bonds is 2. The van der Waals surface area contributed by atoms with Crippen molar-refractivity contribution >= 4 is 37.7 Å². The van der Waals surface area contributed by atoms with E-state index in [0.717, 1.165) is 37.2 Å². The van der Waals surface area contributed by atoms with Crippen molar-refractivity contribution in [2.75, 3.05) is 6.26 Å². The number of furan rings is 1. The highest BCUT2D eigenvalue weighted by atomic mass is 79.9. The first kappa shape index (κ1) is 13.6. The lowest BCUT2D eigenvalue weighted by atomic mass is 10.0. The van der Waals surface area contributed by atoms with Crippen molar-refractivity contribution in [3.8, 4) is 11.1 Å². The summed E-state index contributed by atoms with van der Waals surface area (Å²) in [4.78, 5) is 0.791.